The number of para-hydroxylation sites is 1. The number of nitrogens with one attached hydrogen (secondary N) is 2. The molecule has 0 atom stereocenters. The van der Waals surface area contributed by atoms with E-state index in [0.717, 1.165) is 10.2 Å². The first-order valence-electron chi connectivity index (χ1n) is 8.97. The number of fused-ring (bicyclic) bond motifs is 1. The SMILES string of the molecule is CC(C)(C)NC(=O)NC(=O)COC(=O)c1ccccc1-c1nc2ccccc2s1. The third-order valence-corrected chi connectivity index (χ3v) is 4.82. The quantitative estimate of drug-likeness (QED) is 0.638. The Morgan fingerprint density at radius 1 is 1.03 bits per heavy atom. The minimum atomic E-state index is -0.711. The predicted molar refractivity (Wildman–Crippen MR) is 112 cm³/mol. The summed E-state index contributed by atoms with van der Waals surface area (Å²) in [5.41, 5.74) is 1.29. The van der Waals surface area contributed by atoms with Gasteiger partial charge in [0.2, 0.25) is 0 Å². The van der Waals surface area contributed by atoms with Gasteiger partial charge in [-0.3, -0.25) is 10.1 Å². The molecule has 3 aromatic rings. The molecule has 0 aliphatic carbocycles. The first-order valence-corrected chi connectivity index (χ1v) is 9.79. The molecular weight excluding hydrogens is 390 g/mol. The second-order valence-electron chi connectivity index (χ2n) is 7.36. The summed E-state index contributed by atoms with van der Waals surface area (Å²) in [6.45, 7) is 4.80. The number of carbonyl (C=O) groups excluding carboxylic acids is 3. The van der Waals surface area contributed by atoms with Crippen molar-refractivity contribution in [2.75, 3.05) is 6.61 Å². The second-order valence-corrected chi connectivity index (χ2v) is 8.39. The van der Waals surface area contributed by atoms with Crippen LogP contribution in [0.2, 0.25) is 0 Å². The number of nitrogens with zero attached hydrogens (tertiary/aromatic N) is 1. The molecule has 0 spiro atoms. The summed E-state index contributed by atoms with van der Waals surface area (Å²) in [4.78, 5) is 40.7. The zero-order valence-electron chi connectivity index (χ0n) is 16.3. The van der Waals surface area contributed by atoms with E-state index in [-0.39, 0.29) is 0 Å². The topological polar surface area (TPSA) is 97.4 Å². The number of imide groups is 1. The standard InChI is InChI=1S/C21H21N3O4S/c1-21(2,3)24-20(27)23-17(25)12-28-19(26)14-9-5-4-8-13(14)18-22-15-10-6-7-11-16(15)29-18/h4-11H,12H2,1-3H3,(H2,23,24,25,27). The number of benzene rings is 2. The Labute approximate surface area is 172 Å². The fraction of sp³-hybridized carbons (Fsp3) is 0.238. The average Bonchev–Trinajstić information content (AvgIpc) is 3.08. The van der Waals surface area contributed by atoms with Crippen LogP contribution in [0.25, 0.3) is 20.8 Å². The van der Waals surface area contributed by atoms with Gasteiger partial charge in [0.25, 0.3) is 5.91 Å². The summed E-state index contributed by atoms with van der Waals surface area (Å²) in [6.07, 6.45) is 0. The lowest BCUT2D eigenvalue weighted by Crippen LogP contribution is -2.49. The number of esters is 1. The van der Waals surface area contributed by atoms with E-state index in [4.69, 9.17) is 4.74 Å². The highest BCUT2D eigenvalue weighted by Gasteiger charge is 2.19. The fourth-order valence-electron chi connectivity index (χ4n) is 2.58. The molecule has 7 nitrogen and oxygen atoms in total. The molecule has 0 aliphatic rings. The lowest BCUT2D eigenvalue weighted by atomic mass is 10.1. The van der Waals surface area contributed by atoms with E-state index in [0.29, 0.717) is 16.1 Å². The molecule has 0 radical (unpaired) electrons. The van der Waals surface area contributed by atoms with Gasteiger partial charge in [-0.1, -0.05) is 30.3 Å². The van der Waals surface area contributed by atoms with E-state index in [1.807, 2.05) is 30.3 Å². The van der Waals surface area contributed by atoms with E-state index in [9.17, 15) is 14.4 Å². The monoisotopic (exact) mass is 411 g/mol. The fourth-order valence-corrected chi connectivity index (χ4v) is 3.58. The number of ether oxygens (including phenoxy) is 1. The van der Waals surface area contributed by atoms with Crippen LogP contribution in [0, 0.1) is 0 Å². The number of hydrogen-bond donors (Lipinski definition) is 2. The van der Waals surface area contributed by atoms with Gasteiger partial charge in [-0.25, -0.2) is 14.6 Å². The van der Waals surface area contributed by atoms with Gasteiger partial charge in [-0.15, -0.1) is 11.3 Å². The molecule has 1 heterocycles. The molecule has 0 bridgehead atoms. The van der Waals surface area contributed by atoms with Crippen molar-refractivity contribution >= 4 is 39.5 Å². The van der Waals surface area contributed by atoms with Crippen LogP contribution in [0.15, 0.2) is 48.5 Å². The summed E-state index contributed by atoms with van der Waals surface area (Å²) in [5.74, 6) is -1.37. The maximum Gasteiger partial charge on any atom is 0.339 e. The van der Waals surface area contributed by atoms with Crippen LogP contribution in [0.3, 0.4) is 0 Å². The van der Waals surface area contributed by atoms with Crippen molar-refractivity contribution in [3.8, 4) is 10.6 Å². The molecule has 0 fully saturated rings. The van der Waals surface area contributed by atoms with Crippen molar-refractivity contribution in [3.63, 3.8) is 0 Å². The third-order valence-electron chi connectivity index (χ3n) is 3.75. The summed E-state index contributed by atoms with van der Waals surface area (Å²) >= 11 is 1.47. The minimum absolute atomic E-state index is 0.304. The van der Waals surface area contributed by atoms with Crippen molar-refractivity contribution < 1.29 is 19.1 Å². The minimum Gasteiger partial charge on any atom is -0.452 e. The van der Waals surface area contributed by atoms with Crippen molar-refractivity contribution in [3.05, 3.63) is 54.1 Å². The number of hydrogen-bond acceptors (Lipinski definition) is 6. The molecular formula is C21H21N3O4S. The maximum atomic E-state index is 12.5. The maximum absolute atomic E-state index is 12.5. The summed E-state index contributed by atoms with van der Waals surface area (Å²) < 4.78 is 6.11. The smallest absolute Gasteiger partial charge is 0.339 e. The molecule has 150 valence electrons. The lowest BCUT2D eigenvalue weighted by molar-refractivity contribution is -0.123. The Morgan fingerprint density at radius 2 is 1.72 bits per heavy atom. The molecule has 0 saturated carbocycles. The van der Waals surface area contributed by atoms with Crippen LogP contribution in [-0.4, -0.2) is 35.0 Å². The number of thiazole rings is 1. The number of urea groups is 1. The summed E-state index contributed by atoms with van der Waals surface area (Å²) in [5, 5.41) is 5.41. The molecule has 0 aliphatic heterocycles. The van der Waals surface area contributed by atoms with Crippen molar-refractivity contribution in [1.29, 1.82) is 0 Å². The van der Waals surface area contributed by atoms with Crippen LogP contribution in [0.5, 0.6) is 0 Å². The normalized spacial score (nSPS) is 11.1. The van der Waals surface area contributed by atoms with E-state index in [2.05, 4.69) is 15.6 Å². The van der Waals surface area contributed by atoms with Crippen molar-refractivity contribution in [2.24, 2.45) is 0 Å². The van der Waals surface area contributed by atoms with Crippen LogP contribution in [-0.2, 0) is 9.53 Å². The Morgan fingerprint density at radius 3 is 2.45 bits per heavy atom. The van der Waals surface area contributed by atoms with E-state index in [1.54, 1.807) is 39.0 Å². The molecule has 3 rings (SSSR count). The van der Waals surface area contributed by atoms with Gasteiger partial charge < -0.3 is 10.1 Å². The molecule has 0 unspecified atom stereocenters. The zero-order valence-corrected chi connectivity index (χ0v) is 17.1. The van der Waals surface area contributed by atoms with E-state index in [1.165, 1.54) is 11.3 Å². The lowest BCUT2D eigenvalue weighted by Gasteiger charge is -2.20. The highest BCUT2D eigenvalue weighted by Crippen LogP contribution is 2.32. The van der Waals surface area contributed by atoms with E-state index < -0.39 is 30.1 Å². The van der Waals surface area contributed by atoms with Crippen molar-refractivity contribution in [2.45, 2.75) is 26.3 Å². The van der Waals surface area contributed by atoms with Crippen LogP contribution in [0.4, 0.5) is 4.79 Å². The largest absolute Gasteiger partial charge is 0.452 e. The number of aromatic nitrogens is 1. The highest BCUT2D eigenvalue weighted by molar-refractivity contribution is 7.21. The first-order chi connectivity index (χ1) is 13.7. The zero-order chi connectivity index (χ0) is 21.0. The van der Waals surface area contributed by atoms with Gasteiger partial charge in [-0.2, -0.15) is 0 Å². The van der Waals surface area contributed by atoms with Crippen LogP contribution < -0.4 is 10.6 Å². The highest BCUT2D eigenvalue weighted by atomic mass is 32.1. The molecule has 8 heteroatoms. The van der Waals surface area contributed by atoms with E-state index >= 15 is 0 Å². The summed E-state index contributed by atoms with van der Waals surface area (Å²) in [6, 6.07) is 14.0. The third kappa shape index (κ3) is 5.39. The Bertz CT molecular complexity index is 1040. The molecule has 29 heavy (non-hydrogen) atoms. The molecule has 2 aromatic carbocycles. The van der Waals surface area contributed by atoms with Gasteiger partial charge in [-0.05, 0) is 39.0 Å². The molecule has 0 saturated heterocycles. The summed E-state index contributed by atoms with van der Waals surface area (Å²) in [7, 11) is 0. The van der Waals surface area contributed by atoms with Gasteiger partial charge >= 0.3 is 12.0 Å². The number of carbonyl (C=O) groups is 3. The first kappa shape index (κ1) is 20.5. The van der Waals surface area contributed by atoms with Crippen LogP contribution in [0.1, 0.15) is 31.1 Å². The van der Waals surface area contributed by atoms with Gasteiger partial charge in [0.05, 0.1) is 15.8 Å². The van der Waals surface area contributed by atoms with Crippen LogP contribution >= 0.6 is 11.3 Å². The second kappa shape index (κ2) is 8.40. The Kier molecular flexibility index (Phi) is 5.93. The average molecular weight is 411 g/mol. The van der Waals surface area contributed by atoms with Crippen molar-refractivity contribution in [1.82, 2.24) is 15.6 Å². The number of amides is 3. The molecule has 3 amide bonds. The Balaban J connectivity index is 1.69. The van der Waals surface area contributed by atoms with Gasteiger partial charge in [0, 0.05) is 11.1 Å². The predicted octanol–water partition coefficient (Wildman–Crippen LogP) is 3.74. The molecule has 1 aromatic heterocycles. The Hall–Kier alpha value is -3.26. The van der Waals surface area contributed by atoms with Gasteiger partial charge in [0.1, 0.15) is 5.01 Å². The molecule has 2 N–H and O–H groups in total. The number of rotatable bonds is 4. The van der Waals surface area contributed by atoms with Gasteiger partial charge in [0.15, 0.2) is 6.61 Å².